The highest BCUT2D eigenvalue weighted by atomic mass is 32.1. The Bertz CT molecular complexity index is 577. The Kier molecular flexibility index (Phi) is 4.74. The van der Waals surface area contributed by atoms with Crippen LogP contribution in [0.5, 0.6) is 0 Å². The summed E-state index contributed by atoms with van der Waals surface area (Å²) in [4.78, 5) is 18.6. The first-order chi connectivity index (χ1) is 9.65. The fourth-order valence-electron chi connectivity index (χ4n) is 2.05. The van der Waals surface area contributed by atoms with Crippen molar-refractivity contribution in [3.63, 3.8) is 0 Å². The number of carboxylic acid groups (broad SMARTS) is 1. The van der Waals surface area contributed by atoms with Crippen LogP contribution in [0.2, 0.25) is 0 Å². The molecular weight excluding hydrogens is 272 g/mol. The van der Waals surface area contributed by atoms with E-state index in [1.807, 2.05) is 30.3 Å². The molecule has 5 heteroatoms. The van der Waals surface area contributed by atoms with Crippen molar-refractivity contribution in [1.82, 2.24) is 4.98 Å². The van der Waals surface area contributed by atoms with E-state index >= 15 is 0 Å². The molecule has 106 valence electrons. The van der Waals surface area contributed by atoms with Crippen LogP contribution in [0.25, 0.3) is 11.3 Å². The van der Waals surface area contributed by atoms with Crippen molar-refractivity contribution in [2.75, 3.05) is 18.0 Å². The van der Waals surface area contributed by atoms with Crippen molar-refractivity contribution in [3.05, 3.63) is 35.2 Å². The molecule has 2 aromatic rings. The van der Waals surface area contributed by atoms with Crippen molar-refractivity contribution in [3.8, 4) is 11.3 Å². The first-order valence-electron chi connectivity index (χ1n) is 6.67. The van der Waals surface area contributed by atoms with Crippen molar-refractivity contribution in [1.29, 1.82) is 0 Å². The fraction of sp³-hybridized carbons (Fsp3) is 0.333. The molecule has 0 radical (unpaired) electrons. The molecule has 0 saturated heterocycles. The normalized spacial score (nSPS) is 10.5. The molecule has 0 spiro atoms. The predicted octanol–water partition coefficient (Wildman–Crippen LogP) is 3.28. The van der Waals surface area contributed by atoms with Crippen molar-refractivity contribution >= 4 is 22.4 Å². The molecule has 1 heterocycles. The van der Waals surface area contributed by atoms with Gasteiger partial charge < -0.3 is 10.0 Å². The Labute approximate surface area is 122 Å². The van der Waals surface area contributed by atoms with Crippen molar-refractivity contribution in [2.24, 2.45) is 0 Å². The zero-order valence-corrected chi connectivity index (χ0v) is 12.5. The van der Waals surface area contributed by atoms with E-state index in [1.165, 1.54) is 11.3 Å². The van der Waals surface area contributed by atoms with Gasteiger partial charge in [0.05, 0.1) is 12.1 Å². The first kappa shape index (κ1) is 14.5. The topological polar surface area (TPSA) is 53.4 Å². The van der Waals surface area contributed by atoms with Crippen LogP contribution in [0.4, 0.5) is 5.13 Å². The quantitative estimate of drug-likeness (QED) is 0.887. The molecule has 1 N–H and O–H groups in total. The van der Waals surface area contributed by atoms with Crippen molar-refractivity contribution in [2.45, 2.75) is 20.3 Å². The van der Waals surface area contributed by atoms with E-state index in [1.54, 1.807) is 0 Å². The third-order valence-electron chi connectivity index (χ3n) is 3.08. The molecule has 0 amide bonds. The number of carboxylic acids is 1. The molecule has 0 unspecified atom stereocenters. The maximum absolute atomic E-state index is 11.0. The lowest BCUT2D eigenvalue weighted by atomic mass is 10.1. The number of aromatic nitrogens is 1. The Hall–Kier alpha value is -1.88. The van der Waals surface area contributed by atoms with Gasteiger partial charge in [0.1, 0.15) is 0 Å². The van der Waals surface area contributed by atoms with E-state index in [2.05, 4.69) is 23.7 Å². The Balaban J connectivity index is 2.45. The average Bonchev–Trinajstić information content (AvgIpc) is 2.84. The molecule has 1 aromatic heterocycles. The van der Waals surface area contributed by atoms with E-state index in [0.717, 1.165) is 34.4 Å². The summed E-state index contributed by atoms with van der Waals surface area (Å²) in [6, 6.07) is 9.75. The van der Waals surface area contributed by atoms with Gasteiger partial charge in [0.25, 0.3) is 0 Å². The molecule has 0 atom stereocenters. The Morgan fingerprint density at radius 2 is 1.90 bits per heavy atom. The van der Waals surface area contributed by atoms with Crippen LogP contribution < -0.4 is 4.90 Å². The third-order valence-corrected chi connectivity index (χ3v) is 4.20. The molecule has 20 heavy (non-hydrogen) atoms. The molecule has 4 nitrogen and oxygen atoms in total. The second-order valence-electron chi connectivity index (χ2n) is 4.38. The third kappa shape index (κ3) is 3.17. The molecule has 0 aliphatic heterocycles. The molecular formula is C15H18N2O2S. The molecule has 0 aliphatic carbocycles. The fourth-order valence-corrected chi connectivity index (χ4v) is 3.25. The number of aliphatic carboxylic acids is 1. The summed E-state index contributed by atoms with van der Waals surface area (Å²) in [7, 11) is 0. The number of rotatable bonds is 6. The number of thiazole rings is 1. The smallest absolute Gasteiger partial charge is 0.308 e. The highest BCUT2D eigenvalue weighted by Crippen LogP contribution is 2.33. The second kappa shape index (κ2) is 6.52. The maximum Gasteiger partial charge on any atom is 0.308 e. The van der Waals surface area contributed by atoms with E-state index in [-0.39, 0.29) is 6.42 Å². The predicted molar refractivity (Wildman–Crippen MR) is 82.5 cm³/mol. The molecule has 2 rings (SSSR count). The summed E-state index contributed by atoms with van der Waals surface area (Å²) in [5.41, 5.74) is 1.76. The lowest BCUT2D eigenvalue weighted by Gasteiger charge is -2.16. The Morgan fingerprint density at radius 1 is 1.25 bits per heavy atom. The SMILES string of the molecule is CCN(CC)c1nc(-c2ccccc2)c(CC(=O)O)s1. The van der Waals surface area contributed by atoms with E-state index in [4.69, 9.17) is 5.11 Å². The lowest BCUT2D eigenvalue weighted by Crippen LogP contribution is -2.21. The van der Waals surface area contributed by atoms with Gasteiger partial charge in [-0.3, -0.25) is 4.79 Å². The summed E-state index contributed by atoms with van der Waals surface area (Å²) >= 11 is 1.47. The van der Waals surface area contributed by atoms with Gasteiger partial charge >= 0.3 is 5.97 Å². The van der Waals surface area contributed by atoms with Gasteiger partial charge in [-0.2, -0.15) is 0 Å². The Morgan fingerprint density at radius 3 is 2.45 bits per heavy atom. The van der Waals surface area contributed by atoms with E-state index < -0.39 is 5.97 Å². The monoisotopic (exact) mass is 290 g/mol. The summed E-state index contributed by atoms with van der Waals surface area (Å²) in [6.07, 6.45) is 0.0170. The zero-order chi connectivity index (χ0) is 14.5. The number of hydrogen-bond acceptors (Lipinski definition) is 4. The average molecular weight is 290 g/mol. The minimum atomic E-state index is -0.822. The van der Waals surface area contributed by atoms with Gasteiger partial charge in [-0.05, 0) is 13.8 Å². The minimum Gasteiger partial charge on any atom is -0.481 e. The first-order valence-corrected chi connectivity index (χ1v) is 7.49. The summed E-state index contributed by atoms with van der Waals surface area (Å²) in [6.45, 7) is 5.88. The van der Waals surface area contributed by atoms with Gasteiger partial charge in [0, 0.05) is 23.5 Å². The zero-order valence-electron chi connectivity index (χ0n) is 11.7. The molecule has 0 saturated carbocycles. The van der Waals surface area contributed by atoms with Crippen LogP contribution in [0.1, 0.15) is 18.7 Å². The molecule has 1 aromatic carbocycles. The number of hydrogen-bond donors (Lipinski definition) is 1. The van der Waals surface area contributed by atoms with Crippen LogP contribution in [0.15, 0.2) is 30.3 Å². The summed E-state index contributed by atoms with van der Waals surface area (Å²) in [5, 5.41) is 9.96. The van der Waals surface area contributed by atoms with Gasteiger partial charge in [-0.1, -0.05) is 30.3 Å². The van der Waals surface area contributed by atoms with E-state index in [0.29, 0.717) is 0 Å². The van der Waals surface area contributed by atoms with E-state index in [9.17, 15) is 4.79 Å². The second-order valence-corrected chi connectivity index (χ2v) is 5.44. The summed E-state index contributed by atoms with van der Waals surface area (Å²) < 4.78 is 0. The number of carbonyl (C=O) groups is 1. The highest BCUT2D eigenvalue weighted by Gasteiger charge is 2.17. The van der Waals surface area contributed by atoms with Crippen molar-refractivity contribution < 1.29 is 9.90 Å². The van der Waals surface area contributed by atoms with Gasteiger partial charge in [-0.15, -0.1) is 11.3 Å². The van der Waals surface area contributed by atoms with Crippen LogP contribution >= 0.6 is 11.3 Å². The minimum absolute atomic E-state index is 0.0170. The molecule has 0 aliphatic rings. The molecule has 0 bridgehead atoms. The molecule has 0 fully saturated rings. The number of nitrogens with zero attached hydrogens (tertiary/aromatic N) is 2. The number of anilines is 1. The van der Waals surface area contributed by atoms with Gasteiger partial charge in [0.15, 0.2) is 5.13 Å². The standard InChI is InChI=1S/C15H18N2O2S/c1-3-17(4-2)15-16-14(11-8-6-5-7-9-11)12(20-15)10-13(18)19/h5-9H,3-4,10H2,1-2H3,(H,18,19). The summed E-state index contributed by atoms with van der Waals surface area (Å²) in [5.74, 6) is -0.822. The van der Waals surface area contributed by atoms with Gasteiger partial charge in [0.2, 0.25) is 0 Å². The van der Waals surface area contributed by atoms with Crippen LogP contribution in [-0.4, -0.2) is 29.1 Å². The van der Waals surface area contributed by atoms with Crippen LogP contribution in [-0.2, 0) is 11.2 Å². The lowest BCUT2D eigenvalue weighted by molar-refractivity contribution is -0.136. The van der Waals surface area contributed by atoms with Crippen LogP contribution in [0, 0.1) is 0 Å². The maximum atomic E-state index is 11.0. The highest BCUT2D eigenvalue weighted by molar-refractivity contribution is 7.16. The van der Waals surface area contributed by atoms with Gasteiger partial charge in [-0.25, -0.2) is 4.98 Å². The van der Waals surface area contributed by atoms with Crippen LogP contribution in [0.3, 0.4) is 0 Å². The number of benzene rings is 1. The largest absolute Gasteiger partial charge is 0.481 e.